The van der Waals surface area contributed by atoms with Crippen LogP contribution in [0.25, 0.3) is 0 Å². The first-order valence-electron chi connectivity index (χ1n) is 6.38. The van der Waals surface area contributed by atoms with Crippen molar-refractivity contribution in [1.82, 2.24) is 0 Å². The third kappa shape index (κ3) is 2.38. The summed E-state index contributed by atoms with van der Waals surface area (Å²) in [6.45, 7) is 1.89. The van der Waals surface area contributed by atoms with Gasteiger partial charge in [0.25, 0.3) is 0 Å². The van der Waals surface area contributed by atoms with Crippen LogP contribution in [0.2, 0.25) is 5.02 Å². The second-order valence-corrected chi connectivity index (χ2v) is 4.98. The van der Waals surface area contributed by atoms with Crippen molar-refractivity contribution in [3.63, 3.8) is 0 Å². The Morgan fingerprint density at radius 3 is 2.95 bits per heavy atom. The highest BCUT2D eigenvalue weighted by atomic mass is 35.5. The highest BCUT2D eigenvalue weighted by Gasteiger charge is 2.26. The lowest BCUT2D eigenvalue weighted by Crippen LogP contribution is -2.38. The third-order valence-electron chi connectivity index (χ3n) is 3.35. The molecule has 3 rings (SSSR count). The van der Waals surface area contributed by atoms with Gasteiger partial charge in [-0.25, -0.2) is 0 Å². The second-order valence-electron chi connectivity index (χ2n) is 4.57. The van der Waals surface area contributed by atoms with Crippen LogP contribution in [0.15, 0.2) is 41.0 Å². The van der Waals surface area contributed by atoms with Crippen molar-refractivity contribution in [2.75, 3.05) is 24.6 Å². The minimum absolute atomic E-state index is 0.137. The molecule has 0 spiro atoms. The summed E-state index contributed by atoms with van der Waals surface area (Å²) in [6.07, 6.45) is 1.50. The third-order valence-corrected chi connectivity index (χ3v) is 3.66. The van der Waals surface area contributed by atoms with Crippen molar-refractivity contribution >= 4 is 17.3 Å². The van der Waals surface area contributed by atoms with Gasteiger partial charge in [0.1, 0.15) is 17.9 Å². The predicted octanol–water partition coefficient (Wildman–Crippen LogP) is 3.38. The fourth-order valence-electron chi connectivity index (χ4n) is 2.43. The van der Waals surface area contributed by atoms with Gasteiger partial charge in [-0.2, -0.15) is 5.26 Å². The van der Waals surface area contributed by atoms with Crippen molar-refractivity contribution in [2.45, 2.75) is 6.10 Å². The van der Waals surface area contributed by atoms with Crippen LogP contribution in [0.4, 0.5) is 5.69 Å². The Morgan fingerprint density at radius 2 is 2.20 bits per heavy atom. The van der Waals surface area contributed by atoms with Crippen molar-refractivity contribution < 1.29 is 9.15 Å². The number of morpholine rings is 1. The summed E-state index contributed by atoms with van der Waals surface area (Å²) in [5, 5.41) is 9.83. The maximum absolute atomic E-state index is 9.24. The number of hydrogen-bond acceptors (Lipinski definition) is 4. The van der Waals surface area contributed by atoms with Crippen molar-refractivity contribution in [1.29, 1.82) is 5.26 Å². The molecule has 0 radical (unpaired) electrons. The zero-order valence-corrected chi connectivity index (χ0v) is 11.5. The van der Waals surface area contributed by atoms with Gasteiger partial charge in [-0.3, -0.25) is 0 Å². The Hall–Kier alpha value is -1.96. The van der Waals surface area contributed by atoms with E-state index in [1.807, 2.05) is 12.1 Å². The average molecular weight is 289 g/mol. The van der Waals surface area contributed by atoms with Crippen molar-refractivity contribution in [2.24, 2.45) is 0 Å². The first-order valence-corrected chi connectivity index (χ1v) is 6.76. The molecule has 2 heterocycles. The summed E-state index contributed by atoms with van der Waals surface area (Å²) in [7, 11) is 0. The summed E-state index contributed by atoms with van der Waals surface area (Å²) < 4.78 is 11.1. The van der Waals surface area contributed by atoms with E-state index in [1.165, 1.54) is 0 Å². The number of anilines is 1. The molecule has 1 fully saturated rings. The molecule has 5 heteroatoms. The van der Waals surface area contributed by atoms with E-state index in [4.69, 9.17) is 20.8 Å². The molecule has 0 N–H and O–H groups in total. The van der Waals surface area contributed by atoms with Gasteiger partial charge in [0, 0.05) is 6.54 Å². The molecule has 1 aliphatic heterocycles. The molecule has 1 aromatic heterocycles. The smallest absolute Gasteiger partial charge is 0.134 e. The SMILES string of the molecule is N#Cc1cccc(Cl)c1N1CCOC(c2ccco2)C1. The predicted molar refractivity (Wildman–Crippen MR) is 75.8 cm³/mol. The maximum atomic E-state index is 9.24. The van der Waals surface area contributed by atoms with Gasteiger partial charge in [0.05, 0.1) is 35.7 Å². The Balaban J connectivity index is 1.90. The van der Waals surface area contributed by atoms with E-state index in [1.54, 1.807) is 24.5 Å². The van der Waals surface area contributed by atoms with Crippen LogP contribution >= 0.6 is 11.6 Å². The zero-order chi connectivity index (χ0) is 13.9. The Morgan fingerprint density at radius 1 is 1.30 bits per heavy atom. The number of nitriles is 1. The number of halogens is 1. The molecule has 1 aromatic carbocycles. The number of hydrogen-bond donors (Lipinski definition) is 0. The summed E-state index contributed by atoms with van der Waals surface area (Å²) in [5.41, 5.74) is 1.36. The van der Waals surface area contributed by atoms with Crippen LogP contribution in [0.1, 0.15) is 17.4 Å². The molecular weight excluding hydrogens is 276 g/mol. The molecule has 0 amide bonds. The van der Waals surface area contributed by atoms with Crippen molar-refractivity contribution in [3.8, 4) is 6.07 Å². The lowest BCUT2D eigenvalue weighted by molar-refractivity contribution is 0.0257. The highest BCUT2D eigenvalue weighted by molar-refractivity contribution is 6.33. The fourth-order valence-corrected chi connectivity index (χ4v) is 2.72. The molecule has 4 nitrogen and oxygen atoms in total. The molecule has 0 aliphatic carbocycles. The van der Waals surface area contributed by atoms with E-state index >= 15 is 0 Å². The summed E-state index contributed by atoms with van der Waals surface area (Å²) in [6, 6.07) is 11.3. The van der Waals surface area contributed by atoms with E-state index in [9.17, 15) is 5.26 Å². The molecule has 102 valence electrons. The quantitative estimate of drug-likeness (QED) is 0.850. The molecule has 1 aliphatic rings. The largest absolute Gasteiger partial charge is 0.467 e. The zero-order valence-electron chi connectivity index (χ0n) is 10.8. The number of rotatable bonds is 2. The molecule has 1 saturated heterocycles. The van der Waals surface area contributed by atoms with Crippen LogP contribution in [-0.2, 0) is 4.74 Å². The molecule has 0 saturated carbocycles. The van der Waals surface area contributed by atoms with Gasteiger partial charge >= 0.3 is 0 Å². The highest BCUT2D eigenvalue weighted by Crippen LogP contribution is 2.33. The second kappa shape index (κ2) is 5.58. The van der Waals surface area contributed by atoms with Crippen LogP contribution in [-0.4, -0.2) is 19.7 Å². The minimum Gasteiger partial charge on any atom is -0.467 e. The number of furan rings is 1. The molecular formula is C15H13ClN2O2. The van der Waals surface area contributed by atoms with Crippen molar-refractivity contribution in [3.05, 3.63) is 52.9 Å². The standard InChI is InChI=1S/C15H13ClN2O2/c16-12-4-1-3-11(9-17)15(12)18-6-8-20-14(10-18)13-5-2-7-19-13/h1-5,7,14H,6,8,10H2. The van der Waals surface area contributed by atoms with Crippen LogP contribution in [0, 0.1) is 11.3 Å². The van der Waals surface area contributed by atoms with Gasteiger partial charge in [-0.1, -0.05) is 17.7 Å². The van der Waals surface area contributed by atoms with Gasteiger partial charge in [-0.05, 0) is 24.3 Å². The molecule has 1 unspecified atom stereocenters. The molecule has 1 atom stereocenters. The van der Waals surface area contributed by atoms with Gasteiger partial charge in [-0.15, -0.1) is 0 Å². The number of para-hydroxylation sites is 1. The van der Waals surface area contributed by atoms with Gasteiger partial charge in [0.15, 0.2) is 0 Å². The van der Waals surface area contributed by atoms with E-state index in [0.717, 1.165) is 11.4 Å². The monoisotopic (exact) mass is 288 g/mol. The normalized spacial score (nSPS) is 18.8. The van der Waals surface area contributed by atoms with E-state index < -0.39 is 0 Å². The van der Waals surface area contributed by atoms with Gasteiger partial charge in [0.2, 0.25) is 0 Å². The summed E-state index contributed by atoms with van der Waals surface area (Å²) in [4.78, 5) is 2.08. The summed E-state index contributed by atoms with van der Waals surface area (Å²) in [5.74, 6) is 0.792. The summed E-state index contributed by atoms with van der Waals surface area (Å²) >= 11 is 6.26. The number of benzene rings is 1. The average Bonchev–Trinajstić information content (AvgIpc) is 3.01. The number of nitrogens with zero attached hydrogens (tertiary/aromatic N) is 2. The Bertz CT molecular complexity index is 634. The Kier molecular flexibility index (Phi) is 3.64. The van der Waals surface area contributed by atoms with E-state index in [-0.39, 0.29) is 6.10 Å². The maximum Gasteiger partial charge on any atom is 0.134 e. The first-order chi connectivity index (χ1) is 9.79. The van der Waals surface area contributed by atoms with Crippen LogP contribution in [0.3, 0.4) is 0 Å². The first kappa shape index (κ1) is 13.0. The number of ether oxygens (including phenoxy) is 1. The van der Waals surface area contributed by atoms with E-state index in [2.05, 4.69) is 11.0 Å². The van der Waals surface area contributed by atoms with Gasteiger partial charge < -0.3 is 14.1 Å². The lowest BCUT2D eigenvalue weighted by Gasteiger charge is -2.34. The topological polar surface area (TPSA) is 49.4 Å². The fraction of sp³-hybridized carbons (Fsp3) is 0.267. The van der Waals surface area contributed by atoms with Crippen LogP contribution in [0.5, 0.6) is 0 Å². The molecule has 0 bridgehead atoms. The van der Waals surface area contributed by atoms with Crippen LogP contribution < -0.4 is 4.90 Å². The molecule has 2 aromatic rings. The minimum atomic E-state index is -0.137. The lowest BCUT2D eigenvalue weighted by atomic mass is 10.1. The van der Waals surface area contributed by atoms with E-state index in [0.29, 0.717) is 30.3 Å². The molecule has 20 heavy (non-hydrogen) atoms. The Labute approximate surface area is 122 Å².